The van der Waals surface area contributed by atoms with E-state index < -0.39 is 29.1 Å². The molecule has 1 rings (SSSR count). The highest BCUT2D eigenvalue weighted by atomic mass is 19.1. The second-order valence-corrected chi connectivity index (χ2v) is 3.57. The van der Waals surface area contributed by atoms with Crippen molar-refractivity contribution in [1.29, 1.82) is 0 Å². The van der Waals surface area contributed by atoms with E-state index in [1.807, 2.05) is 0 Å². The van der Waals surface area contributed by atoms with Gasteiger partial charge < -0.3 is 10.1 Å². The number of benzene rings is 1. The van der Waals surface area contributed by atoms with Crippen molar-refractivity contribution in [3.8, 4) is 0 Å². The lowest BCUT2D eigenvalue weighted by molar-refractivity contribution is -0.136. The number of methoxy groups -OCH3 is 1. The fraction of sp³-hybridized carbons (Fsp3) is 0.231. The second-order valence-electron chi connectivity index (χ2n) is 3.57. The molecule has 0 bridgehead atoms. The van der Waals surface area contributed by atoms with Crippen LogP contribution in [0.15, 0.2) is 30.0 Å². The SMILES string of the molecule is CCC=C(NC(=O)c1c(F)cccc1F)C(=O)OC. The Labute approximate surface area is 109 Å². The summed E-state index contributed by atoms with van der Waals surface area (Å²) in [4.78, 5) is 23.1. The topological polar surface area (TPSA) is 55.4 Å². The molecule has 0 radical (unpaired) electrons. The van der Waals surface area contributed by atoms with E-state index in [2.05, 4.69) is 10.1 Å². The Kier molecular flexibility index (Phi) is 5.17. The highest BCUT2D eigenvalue weighted by Gasteiger charge is 2.20. The van der Waals surface area contributed by atoms with Gasteiger partial charge in [0.1, 0.15) is 22.9 Å². The maximum absolute atomic E-state index is 13.4. The summed E-state index contributed by atoms with van der Waals surface area (Å²) in [5, 5.41) is 2.13. The van der Waals surface area contributed by atoms with Crippen molar-refractivity contribution >= 4 is 11.9 Å². The molecule has 0 saturated carbocycles. The summed E-state index contributed by atoms with van der Waals surface area (Å²) in [5.74, 6) is -3.83. The van der Waals surface area contributed by atoms with Crippen molar-refractivity contribution < 1.29 is 23.1 Å². The van der Waals surface area contributed by atoms with Gasteiger partial charge in [-0.25, -0.2) is 13.6 Å². The first-order chi connectivity index (χ1) is 9.01. The lowest BCUT2D eigenvalue weighted by atomic mass is 10.2. The molecule has 1 amide bonds. The Morgan fingerprint density at radius 3 is 2.37 bits per heavy atom. The van der Waals surface area contributed by atoms with Crippen LogP contribution in [0.3, 0.4) is 0 Å². The molecule has 0 aromatic heterocycles. The van der Waals surface area contributed by atoms with E-state index in [4.69, 9.17) is 0 Å². The zero-order valence-corrected chi connectivity index (χ0v) is 10.5. The first kappa shape index (κ1) is 14.8. The predicted octanol–water partition coefficient (Wildman–Crippen LogP) is 2.16. The fourth-order valence-corrected chi connectivity index (χ4v) is 1.40. The lowest BCUT2D eigenvalue weighted by Crippen LogP contribution is -2.29. The van der Waals surface area contributed by atoms with E-state index in [1.54, 1.807) is 6.92 Å². The van der Waals surface area contributed by atoms with Crippen LogP contribution in [0.2, 0.25) is 0 Å². The summed E-state index contributed by atoms with van der Waals surface area (Å²) in [7, 11) is 1.14. The quantitative estimate of drug-likeness (QED) is 0.673. The summed E-state index contributed by atoms with van der Waals surface area (Å²) in [6.45, 7) is 1.73. The molecule has 4 nitrogen and oxygen atoms in total. The molecular formula is C13H13F2NO3. The Morgan fingerprint density at radius 1 is 1.32 bits per heavy atom. The minimum atomic E-state index is -1.04. The van der Waals surface area contributed by atoms with Crippen molar-refractivity contribution in [3.05, 3.63) is 47.2 Å². The van der Waals surface area contributed by atoms with Gasteiger partial charge in [0, 0.05) is 0 Å². The predicted molar refractivity (Wildman–Crippen MR) is 64.2 cm³/mol. The molecule has 19 heavy (non-hydrogen) atoms. The fourth-order valence-electron chi connectivity index (χ4n) is 1.40. The summed E-state index contributed by atoms with van der Waals surface area (Å²) in [6, 6.07) is 3.06. The smallest absolute Gasteiger partial charge is 0.354 e. The van der Waals surface area contributed by atoms with Gasteiger partial charge >= 0.3 is 5.97 Å². The van der Waals surface area contributed by atoms with Crippen LogP contribution in [0.25, 0.3) is 0 Å². The summed E-state index contributed by atoms with van der Waals surface area (Å²) >= 11 is 0. The van der Waals surface area contributed by atoms with Crippen LogP contribution in [0, 0.1) is 11.6 Å². The Bertz CT molecular complexity index is 506. The standard InChI is InChI=1S/C13H13F2NO3/c1-3-5-10(13(18)19-2)16-12(17)11-8(14)6-4-7-9(11)15/h4-7H,3H2,1-2H3,(H,16,17). The van der Waals surface area contributed by atoms with Gasteiger partial charge in [-0.2, -0.15) is 0 Å². The summed E-state index contributed by atoms with van der Waals surface area (Å²) in [5.41, 5.74) is -0.897. The maximum atomic E-state index is 13.4. The van der Waals surface area contributed by atoms with Crippen LogP contribution in [0.4, 0.5) is 8.78 Å². The van der Waals surface area contributed by atoms with Crippen LogP contribution >= 0.6 is 0 Å². The zero-order valence-electron chi connectivity index (χ0n) is 10.5. The van der Waals surface area contributed by atoms with Gasteiger partial charge in [0.25, 0.3) is 5.91 Å². The average Bonchev–Trinajstić information content (AvgIpc) is 2.37. The number of ether oxygens (including phenoxy) is 1. The molecule has 0 atom stereocenters. The Balaban J connectivity index is 3.01. The molecule has 0 aliphatic rings. The van der Waals surface area contributed by atoms with E-state index in [0.717, 1.165) is 25.3 Å². The highest BCUT2D eigenvalue weighted by Crippen LogP contribution is 2.12. The van der Waals surface area contributed by atoms with E-state index in [1.165, 1.54) is 6.08 Å². The number of halogens is 2. The molecule has 1 aromatic carbocycles. The normalized spacial score (nSPS) is 11.1. The maximum Gasteiger partial charge on any atom is 0.354 e. The van der Waals surface area contributed by atoms with Crippen molar-refractivity contribution in [1.82, 2.24) is 5.32 Å². The van der Waals surface area contributed by atoms with Crippen LogP contribution in [0.5, 0.6) is 0 Å². The zero-order chi connectivity index (χ0) is 14.4. The van der Waals surface area contributed by atoms with Crippen LogP contribution in [-0.2, 0) is 9.53 Å². The summed E-state index contributed by atoms with van der Waals surface area (Å²) in [6.07, 6.45) is 1.84. The molecule has 0 aliphatic carbocycles. The number of allylic oxidation sites excluding steroid dienone is 1. The number of hydrogen-bond donors (Lipinski definition) is 1. The van der Waals surface area contributed by atoms with E-state index in [0.29, 0.717) is 6.42 Å². The van der Waals surface area contributed by atoms with Crippen LogP contribution in [0.1, 0.15) is 23.7 Å². The molecule has 0 spiro atoms. The molecule has 0 aliphatic heterocycles. The second kappa shape index (κ2) is 6.63. The molecule has 6 heteroatoms. The molecular weight excluding hydrogens is 256 g/mol. The number of amides is 1. The average molecular weight is 269 g/mol. The van der Waals surface area contributed by atoms with Crippen LogP contribution < -0.4 is 5.32 Å². The van der Waals surface area contributed by atoms with E-state index in [9.17, 15) is 18.4 Å². The van der Waals surface area contributed by atoms with Crippen LogP contribution in [-0.4, -0.2) is 19.0 Å². The number of nitrogens with one attached hydrogen (secondary N) is 1. The first-order valence-electron chi connectivity index (χ1n) is 5.55. The number of rotatable bonds is 4. The van der Waals surface area contributed by atoms with Gasteiger partial charge in [-0.05, 0) is 18.6 Å². The molecule has 0 saturated heterocycles. The van der Waals surface area contributed by atoms with Gasteiger partial charge in [0.15, 0.2) is 0 Å². The van der Waals surface area contributed by atoms with Gasteiger partial charge in [-0.1, -0.05) is 19.1 Å². The first-order valence-corrected chi connectivity index (χ1v) is 5.55. The van der Waals surface area contributed by atoms with Gasteiger partial charge in [-0.15, -0.1) is 0 Å². The third-order valence-electron chi connectivity index (χ3n) is 2.25. The largest absolute Gasteiger partial charge is 0.464 e. The van der Waals surface area contributed by atoms with Crippen molar-refractivity contribution in [3.63, 3.8) is 0 Å². The lowest BCUT2D eigenvalue weighted by Gasteiger charge is -2.09. The number of carbonyl (C=O) groups is 2. The highest BCUT2D eigenvalue weighted by molar-refractivity contribution is 6.01. The molecule has 1 aromatic rings. The van der Waals surface area contributed by atoms with Crippen molar-refractivity contribution in [2.24, 2.45) is 0 Å². The van der Waals surface area contributed by atoms with Crippen molar-refractivity contribution in [2.45, 2.75) is 13.3 Å². The number of carbonyl (C=O) groups excluding carboxylic acids is 2. The van der Waals surface area contributed by atoms with Gasteiger partial charge in [-0.3, -0.25) is 4.79 Å². The number of esters is 1. The minimum Gasteiger partial charge on any atom is -0.464 e. The monoisotopic (exact) mass is 269 g/mol. The number of hydrogen-bond acceptors (Lipinski definition) is 3. The third-order valence-corrected chi connectivity index (χ3v) is 2.25. The molecule has 0 unspecified atom stereocenters. The summed E-state index contributed by atoms with van der Waals surface area (Å²) < 4.78 is 31.2. The van der Waals surface area contributed by atoms with Gasteiger partial charge in [0.2, 0.25) is 0 Å². The Hall–Kier alpha value is -2.24. The van der Waals surface area contributed by atoms with Gasteiger partial charge in [0.05, 0.1) is 7.11 Å². The molecule has 0 heterocycles. The van der Waals surface area contributed by atoms with E-state index in [-0.39, 0.29) is 5.70 Å². The van der Waals surface area contributed by atoms with Crippen molar-refractivity contribution in [2.75, 3.05) is 7.11 Å². The third kappa shape index (κ3) is 3.61. The molecule has 0 fully saturated rings. The Morgan fingerprint density at radius 2 is 1.89 bits per heavy atom. The molecule has 102 valence electrons. The van der Waals surface area contributed by atoms with E-state index >= 15 is 0 Å². The molecule has 1 N–H and O–H groups in total. The minimum absolute atomic E-state index is 0.155.